The standard InChI is InChI=1S/C26H25F3N4O2/c1-32-21-6-4-3-5-20(21)23-13-18(31-25(34)26(27,28)29)9-10-33(23)22-8-7-16(12-24(22)32)17-11-19(35-2)15-30-14-17/h3-8,11-12,14-15,18,23H,9-10,13H2,1-2H3,(H,31,34)/t18-,23+/m0/s1. The number of pyridine rings is 1. The summed E-state index contributed by atoms with van der Waals surface area (Å²) in [6.07, 6.45) is -0.649. The molecule has 0 aliphatic carbocycles. The van der Waals surface area contributed by atoms with Crippen LogP contribution in [-0.2, 0) is 4.79 Å². The number of nitrogens with zero attached hydrogens (tertiary/aromatic N) is 3. The average Bonchev–Trinajstić information content (AvgIpc) is 2.96. The number of amides is 1. The number of benzene rings is 2. The van der Waals surface area contributed by atoms with E-state index in [1.165, 1.54) is 0 Å². The number of aromatic nitrogens is 1. The molecule has 0 bridgehead atoms. The molecule has 0 spiro atoms. The van der Waals surface area contributed by atoms with Gasteiger partial charge in [-0.3, -0.25) is 9.78 Å². The van der Waals surface area contributed by atoms with Crippen molar-refractivity contribution in [2.45, 2.75) is 31.1 Å². The van der Waals surface area contributed by atoms with Gasteiger partial charge in [0.05, 0.1) is 30.7 Å². The molecule has 35 heavy (non-hydrogen) atoms. The van der Waals surface area contributed by atoms with E-state index in [1.807, 2.05) is 49.5 Å². The summed E-state index contributed by atoms with van der Waals surface area (Å²) in [5.74, 6) is -1.22. The summed E-state index contributed by atoms with van der Waals surface area (Å²) in [5.41, 5.74) is 5.87. The molecule has 1 amide bonds. The number of ether oxygens (including phenoxy) is 1. The molecule has 1 fully saturated rings. The Morgan fingerprint density at radius 3 is 2.63 bits per heavy atom. The SMILES string of the molecule is COc1cncc(-c2ccc3c(c2)N(C)c2ccccc2[C@H]2C[C@@H](NC(=O)C(F)(F)F)CCN32)c1. The molecule has 3 heterocycles. The third-order valence-corrected chi connectivity index (χ3v) is 6.78. The molecule has 2 aliphatic rings. The first kappa shape index (κ1) is 23.0. The largest absolute Gasteiger partial charge is 0.495 e. The van der Waals surface area contributed by atoms with Crippen molar-refractivity contribution in [3.63, 3.8) is 0 Å². The molecule has 0 radical (unpaired) electrons. The fourth-order valence-corrected chi connectivity index (χ4v) is 5.05. The van der Waals surface area contributed by atoms with Gasteiger partial charge >= 0.3 is 12.1 Å². The Bertz CT molecular complexity index is 1260. The highest BCUT2D eigenvalue weighted by molar-refractivity contribution is 5.86. The Labute approximate surface area is 201 Å². The van der Waals surface area contributed by atoms with Crippen LogP contribution in [0.5, 0.6) is 5.75 Å². The lowest BCUT2D eigenvalue weighted by molar-refractivity contribution is -0.174. The second kappa shape index (κ2) is 8.79. The zero-order valence-corrected chi connectivity index (χ0v) is 19.3. The predicted octanol–water partition coefficient (Wildman–Crippen LogP) is 5.23. The first-order chi connectivity index (χ1) is 16.8. The number of nitrogens with one attached hydrogen (secondary N) is 1. The first-order valence-electron chi connectivity index (χ1n) is 11.4. The minimum absolute atomic E-state index is 0.175. The molecule has 3 aromatic rings. The Morgan fingerprint density at radius 1 is 1.06 bits per heavy atom. The van der Waals surface area contributed by atoms with Gasteiger partial charge in [0.1, 0.15) is 5.75 Å². The van der Waals surface area contributed by atoms with Crippen LogP contribution in [0.3, 0.4) is 0 Å². The minimum Gasteiger partial charge on any atom is -0.495 e. The van der Waals surface area contributed by atoms with Crippen LogP contribution in [0.1, 0.15) is 24.4 Å². The van der Waals surface area contributed by atoms with E-state index in [4.69, 9.17) is 4.74 Å². The third-order valence-electron chi connectivity index (χ3n) is 6.78. The van der Waals surface area contributed by atoms with Gasteiger partial charge in [-0.2, -0.15) is 13.2 Å². The number of alkyl halides is 3. The van der Waals surface area contributed by atoms with E-state index in [0.29, 0.717) is 25.1 Å². The lowest BCUT2D eigenvalue weighted by Crippen LogP contribution is -2.49. The maximum atomic E-state index is 12.9. The number of anilines is 3. The summed E-state index contributed by atoms with van der Waals surface area (Å²) >= 11 is 0. The number of carbonyl (C=O) groups is 1. The van der Waals surface area contributed by atoms with Gasteiger partial charge in [-0.15, -0.1) is 0 Å². The number of halogens is 3. The lowest BCUT2D eigenvalue weighted by atomic mass is 9.90. The van der Waals surface area contributed by atoms with Crippen LogP contribution >= 0.6 is 0 Å². The van der Waals surface area contributed by atoms with E-state index < -0.39 is 18.1 Å². The summed E-state index contributed by atoms with van der Waals surface area (Å²) in [7, 11) is 3.59. The van der Waals surface area contributed by atoms with Crippen LogP contribution < -0.4 is 19.9 Å². The van der Waals surface area contributed by atoms with Crippen molar-refractivity contribution < 1.29 is 22.7 Å². The second-order valence-corrected chi connectivity index (χ2v) is 8.84. The molecule has 6 nitrogen and oxygen atoms in total. The van der Waals surface area contributed by atoms with Gasteiger partial charge in [-0.25, -0.2) is 0 Å². The highest BCUT2D eigenvalue weighted by Crippen LogP contribution is 2.48. The van der Waals surface area contributed by atoms with E-state index in [-0.39, 0.29) is 6.04 Å². The molecule has 2 atom stereocenters. The van der Waals surface area contributed by atoms with E-state index in [1.54, 1.807) is 19.5 Å². The molecule has 0 unspecified atom stereocenters. The van der Waals surface area contributed by atoms with Crippen LogP contribution in [-0.4, -0.2) is 43.8 Å². The number of methoxy groups -OCH3 is 1. The summed E-state index contributed by atoms with van der Waals surface area (Å²) in [6.45, 7) is 0.517. The highest BCUT2D eigenvalue weighted by Gasteiger charge is 2.42. The fraction of sp³-hybridized carbons (Fsp3) is 0.308. The van der Waals surface area contributed by atoms with E-state index in [0.717, 1.165) is 33.8 Å². The summed E-state index contributed by atoms with van der Waals surface area (Å²) in [5, 5.41) is 2.20. The number of hydrogen-bond donors (Lipinski definition) is 1. The summed E-state index contributed by atoms with van der Waals surface area (Å²) in [4.78, 5) is 20.2. The molecule has 182 valence electrons. The smallest absolute Gasteiger partial charge is 0.471 e. The molecule has 9 heteroatoms. The maximum Gasteiger partial charge on any atom is 0.471 e. The van der Waals surface area contributed by atoms with Crippen molar-refractivity contribution in [2.75, 3.05) is 30.5 Å². The van der Waals surface area contributed by atoms with Crippen molar-refractivity contribution in [2.24, 2.45) is 0 Å². The second-order valence-electron chi connectivity index (χ2n) is 8.84. The average molecular weight is 483 g/mol. The molecule has 1 saturated heterocycles. The molecular formula is C26H25F3N4O2. The van der Waals surface area contributed by atoms with Crippen LogP contribution in [0, 0.1) is 0 Å². The normalized spacial score (nSPS) is 19.2. The van der Waals surface area contributed by atoms with Gasteiger partial charge in [0.15, 0.2) is 0 Å². The van der Waals surface area contributed by atoms with Gasteiger partial charge in [0.2, 0.25) is 0 Å². The molecule has 0 saturated carbocycles. The van der Waals surface area contributed by atoms with Crippen molar-refractivity contribution in [3.05, 3.63) is 66.5 Å². The molecule has 5 rings (SSSR count). The zero-order chi connectivity index (χ0) is 24.7. The predicted molar refractivity (Wildman–Crippen MR) is 128 cm³/mol. The van der Waals surface area contributed by atoms with E-state index in [9.17, 15) is 18.0 Å². The van der Waals surface area contributed by atoms with Crippen LogP contribution in [0.25, 0.3) is 11.1 Å². The van der Waals surface area contributed by atoms with Crippen molar-refractivity contribution in [3.8, 4) is 16.9 Å². The monoisotopic (exact) mass is 482 g/mol. The Morgan fingerprint density at radius 2 is 1.86 bits per heavy atom. The number of rotatable bonds is 3. The first-order valence-corrected chi connectivity index (χ1v) is 11.4. The Kier molecular flexibility index (Phi) is 5.78. The van der Waals surface area contributed by atoms with Gasteiger partial charge in [-0.1, -0.05) is 24.3 Å². The molecule has 2 aliphatic heterocycles. The summed E-state index contributed by atoms with van der Waals surface area (Å²) in [6, 6.07) is 15.3. The van der Waals surface area contributed by atoms with E-state index in [2.05, 4.69) is 26.2 Å². The summed E-state index contributed by atoms with van der Waals surface area (Å²) < 4.78 is 43.9. The van der Waals surface area contributed by atoms with Crippen molar-refractivity contribution >= 4 is 23.0 Å². The number of fused-ring (bicyclic) bond motifs is 5. The van der Waals surface area contributed by atoms with Crippen LogP contribution in [0.4, 0.5) is 30.2 Å². The number of carbonyl (C=O) groups excluding carboxylic acids is 1. The van der Waals surface area contributed by atoms with Crippen molar-refractivity contribution in [1.29, 1.82) is 0 Å². The lowest BCUT2D eigenvalue weighted by Gasteiger charge is -2.41. The van der Waals surface area contributed by atoms with Gasteiger partial charge < -0.3 is 19.9 Å². The third kappa shape index (κ3) is 4.26. The number of hydrogen-bond acceptors (Lipinski definition) is 5. The van der Waals surface area contributed by atoms with E-state index >= 15 is 0 Å². The number of para-hydroxylation sites is 1. The quantitative estimate of drug-likeness (QED) is 0.554. The maximum absolute atomic E-state index is 12.9. The Balaban J connectivity index is 1.55. The minimum atomic E-state index is -4.89. The molecular weight excluding hydrogens is 457 g/mol. The topological polar surface area (TPSA) is 57.7 Å². The number of piperidine rings is 1. The zero-order valence-electron chi connectivity index (χ0n) is 19.3. The van der Waals surface area contributed by atoms with Crippen molar-refractivity contribution in [1.82, 2.24) is 10.3 Å². The van der Waals surface area contributed by atoms with Crippen LogP contribution in [0.2, 0.25) is 0 Å². The molecule has 1 N–H and O–H groups in total. The van der Waals surface area contributed by atoms with Gasteiger partial charge in [0, 0.05) is 37.1 Å². The molecule has 2 aromatic carbocycles. The highest BCUT2D eigenvalue weighted by atomic mass is 19.4. The molecule has 1 aromatic heterocycles. The van der Waals surface area contributed by atoms with Gasteiger partial charge in [-0.05, 0) is 48.2 Å². The fourth-order valence-electron chi connectivity index (χ4n) is 5.05. The Hall–Kier alpha value is -3.75. The van der Waals surface area contributed by atoms with Crippen LogP contribution in [0.15, 0.2) is 60.9 Å². The van der Waals surface area contributed by atoms with Gasteiger partial charge in [0.25, 0.3) is 0 Å².